The molecule has 5 aromatic rings. The van der Waals surface area contributed by atoms with Crippen molar-refractivity contribution in [2.45, 2.75) is 32.0 Å². The molecule has 3 heterocycles. The van der Waals surface area contributed by atoms with E-state index in [4.69, 9.17) is 0 Å². The van der Waals surface area contributed by atoms with Crippen molar-refractivity contribution in [3.63, 3.8) is 0 Å². The fourth-order valence-electron chi connectivity index (χ4n) is 4.26. The molecule has 1 N–H and O–H groups in total. The van der Waals surface area contributed by atoms with Gasteiger partial charge >= 0.3 is 6.61 Å². The summed E-state index contributed by atoms with van der Waals surface area (Å²) in [4.78, 5) is 27.4. The van der Waals surface area contributed by atoms with Gasteiger partial charge in [0.05, 0.1) is 29.7 Å². The normalized spacial score (nSPS) is 13.8. The van der Waals surface area contributed by atoms with Crippen molar-refractivity contribution in [3.05, 3.63) is 65.2 Å². The van der Waals surface area contributed by atoms with Crippen molar-refractivity contribution in [3.8, 4) is 22.7 Å². The van der Waals surface area contributed by atoms with Crippen LogP contribution < -0.4 is 15.6 Å². The molecule has 0 aliphatic heterocycles. The fourth-order valence-corrected chi connectivity index (χ4v) is 4.78. The molecular weight excluding hydrogens is 544 g/mol. The molecule has 1 saturated carbocycles. The zero-order chi connectivity index (χ0) is 28.0. The molecule has 206 valence electrons. The van der Waals surface area contributed by atoms with Crippen LogP contribution >= 0.6 is 0 Å². The van der Waals surface area contributed by atoms with Crippen molar-refractivity contribution < 1.29 is 21.9 Å². The van der Waals surface area contributed by atoms with E-state index in [0.29, 0.717) is 33.6 Å². The van der Waals surface area contributed by atoms with Crippen LogP contribution in [0.4, 0.5) is 14.7 Å². The zero-order valence-corrected chi connectivity index (χ0v) is 22.0. The smallest absolute Gasteiger partial charge is 0.387 e. The molecule has 6 rings (SSSR count). The van der Waals surface area contributed by atoms with Gasteiger partial charge in [0.25, 0.3) is 5.56 Å². The summed E-state index contributed by atoms with van der Waals surface area (Å²) in [7, 11) is -3.16. The minimum atomic E-state index is -3.16. The molecule has 0 bridgehead atoms. The Morgan fingerprint density at radius 1 is 1.10 bits per heavy atom. The van der Waals surface area contributed by atoms with Crippen LogP contribution in [-0.2, 0) is 16.4 Å². The number of fused-ring (bicyclic) bond motifs is 2. The number of hydrogen-bond donors (Lipinski definition) is 1. The van der Waals surface area contributed by atoms with E-state index >= 15 is 0 Å². The first-order valence-corrected chi connectivity index (χ1v) is 14.5. The largest absolute Gasteiger partial charge is 0.435 e. The Morgan fingerprint density at radius 3 is 2.58 bits per heavy atom. The molecular formula is C26H23F2N7O4S. The first-order chi connectivity index (χ1) is 19.1. The Balaban J connectivity index is 1.46. The molecule has 0 unspecified atom stereocenters. The third-order valence-electron chi connectivity index (χ3n) is 6.35. The van der Waals surface area contributed by atoms with E-state index in [0.717, 1.165) is 12.8 Å². The van der Waals surface area contributed by atoms with Crippen LogP contribution in [0.1, 0.15) is 12.8 Å². The van der Waals surface area contributed by atoms with Crippen molar-refractivity contribution in [2.75, 3.05) is 17.3 Å². The van der Waals surface area contributed by atoms with Crippen LogP contribution in [0.25, 0.3) is 39.0 Å². The summed E-state index contributed by atoms with van der Waals surface area (Å²) in [6.07, 6.45) is 6.42. The number of aromatic nitrogens is 6. The van der Waals surface area contributed by atoms with Crippen LogP contribution in [0.5, 0.6) is 5.75 Å². The summed E-state index contributed by atoms with van der Waals surface area (Å²) in [5, 5.41) is 8.32. The Bertz CT molecular complexity index is 1900. The minimum absolute atomic E-state index is 0.0468. The van der Waals surface area contributed by atoms with Crippen LogP contribution in [0.3, 0.4) is 0 Å². The summed E-state index contributed by atoms with van der Waals surface area (Å²) in [5.74, 6) is 0.261. The third kappa shape index (κ3) is 5.47. The number of nitrogens with one attached hydrogen (secondary N) is 1. The number of aryl methyl sites for hydroxylation is 1. The molecule has 1 aliphatic rings. The summed E-state index contributed by atoms with van der Waals surface area (Å²) >= 11 is 0. The van der Waals surface area contributed by atoms with Crippen molar-refractivity contribution >= 4 is 37.9 Å². The predicted octanol–water partition coefficient (Wildman–Crippen LogP) is 3.41. The second-order valence-corrected chi connectivity index (χ2v) is 11.8. The number of halogens is 2. The predicted molar refractivity (Wildman–Crippen MR) is 145 cm³/mol. The van der Waals surface area contributed by atoms with E-state index in [1.54, 1.807) is 29.1 Å². The van der Waals surface area contributed by atoms with Gasteiger partial charge in [0.15, 0.2) is 5.65 Å². The summed E-state index contributed by atoms with van der Waals surface area (Å²) in [5.41, 5.74) is 1.77. The lowest BCUT2D eigenvalue weighted by molar-refractivity contribution is -0.0498. The second-order valence-electron chi connectivity index (χ2n) is 9.59. The SMILES string of the molecule is CS(=O)(=O)CCn1cc2cc(-c3nc4cnc(NC5CC5)nc4n(-c4ccc(OC(F)F)cc4)c3=O)ccc2n1. The number of benzene rings is 2. The molecule has 14 heteroatoms. The number of ether oxygens (including phenoxy) is 1. The molecule has 1 fully saturated rings. The molecule has 3 aromatic heterocycles. The average Bonchev–Trinajstić information content (AvgIpc) is 3.62. The number of rotatable bonds is 9. The van der Waals surface area contributed by atoms with E-state index in [9.17, 15) is 22.0 Å². The first-order valence-electron chi connectivity index (χ1n) is 12.4. The first kappa shape index (κ1) is 25.8. The zero-order valence-electron chi connectivity index (χ0n) is 21.2. The van der Waals surface area contributed by atoms with Crippen molar-refractivity contribution in [2.24, 2.45) is 0 Å². The van der Waals surface area contributed by atoms with Gasteiger partial charge in [-0.3, -0.25) is 14.0 Å². The van der Waals surface area contributed by atoms with Crippen LogP contribution in [-0.4, -0.2) is 62.4 Å². The highest BCUT2D eigenvalue weighted by atomic mass is 32.2. The maximum absolute atomic E-state index is 13.9. The number of alkyl halides is 2. The maximum Gasteiger partial charge on any atom is 0.387 e. The topological polar surface area (TPSA) is 134 Å². The van der Waals surface area contributed by atoms with Gasteiger partial charge < -0.3 is 10.1 Å². The lowest BCUT2D eigenvalue weighted by Gasteiger charge is -2.13. The van der Waals surface area contributed by atoms with Gasteiger partial charge in [-0.15, -0.1) is 0 Å². The molecule has 0 saturated heterocycles. The van der Waals surface area contributed by atoms with Crippen LogP contribution in [0, 0.1) is 0 Å². The second kappa shape index (κ2) is 9.93. The van der Waals surface area contributed by atoms with E-state index in [-0.39, 0.29) is 35.4 Å². The average molecular weight is 568 g/mol. The highest BCUT2D eigenvalue weighted by Crippen LogP contribution is 2.26. The lowest BCUT2D eigenvalue weighted by Crippen LogP contribution is -2.23. The van der Waals surface area contributed by atoms with Gasteiger partial charge in [0.1, 0.15) is 26.8 Å². The van der Waals surface area contributed by atoms with Crippen molar-refractivity contribution in [1.29, 1.82) is 0 Å². The summed E-state index contributed by atoms with van der Waals surface area (Å²) < 4.78 is 55.8. The van der Waals surface area contributed by atoms with Gasteiger partial charge in [-0.25, -0.2) is 18.4 Å². The van der Waals surface area contributed by atoms with Crippen LogP contribution in [0.15, 0.2) is 59.7 Å². The molecule has 0 radical (unpaired) electrons. The molecule has 40 heavy (non-hydrogen) atoms. The maximum atomic E-state index is 13.9. The van der Waals surface area contributed by atoms with E-state index in [2.05, 4.69) is 30.1 Å². The fraction of sp³-hybridized carbons (Fsp3) is 0.269. The highest BCUT2D eigenvalue weighted by molar-refractivity contribution is 7.90. The van der Waals surface area contributed by atoms with Crippen LogP contribution in [0.2, 0.25) is 0 Å². The number of hydrogen-bond acceptors (Lipinski definition) is 9. The Kier molecular flexibility index (Phi) is 6.41. The minimum Gasteiger partial charge on any atom is -0.435 e. The summed E-state index contributed by atoms with van der Waals surface area (Å²) in [6.45, 7) is -2.78. The number of anilines is 1. The molecule has 0 spiro atoms. The van der Waals surface area contributed by atoms with E-state index in [1.165, 1.54) is 41.3 Å². The molecule has 1 aliphatic carbocycles. The number of nitrogens with zero attached hydrogens (tertiary/aromatic N) is 6. The van der Waals surface area contributed by atoms with E-state index in [1.807, 2.05) is 0 Å². The van der Waals surface area contributed by atoms with Crippen molar-refractivity contribution in [1.82, 2.24) is 29.3 Å². The quantitative estimate of drug-likeness (QED) is 0.284. The molecule has 0 amide bonds. The number of sulfone groups is 1. The standard InChI is InChI=1S/C26H23F2N7O4S/c1-40(37,38)11-10-34-14-16-12-15(2-9-20(16)33-34)22-24(36)35(18-5-7-19(8-6-18)39-25(27)28)23-21(31-22)13-29-26(32-23)30-17-3-4-17/h2,5-9,12-14,17,25H,3-4,10-11H2,1H3,(H,29,30,32). The van der Waals surface area contributed by atoms with Gasteiger partial charge in [-0.2, -0.15) is 18.9 Å². The van der Waals surface area contributed by atoms with Gasteiger partial charge in [-0.05, 0) is 49.2 Å². The molecule has 2 aromatic carbocycles. The molecule has 0 atom stereocenters. The Labute approximate surface area is 226 Å². The van der Waals surface area contributed by atoms with Gasteiger partial charge in [0, 0.05) is 29.4 Å². The van der Waals surface area contributed by atoms with Gasteiger partial charge in [-0.1, -0.05) is 6.07 Å². The third-order valence-corrected chi connectivity index (χ3v) is 7.27. The lowest BCUT2D eigenvalue weighted by atomic mass is 10.1. The monoisotopic (exact) mass is 567 g/mol. The highest BCUT2D eigenvalue weighted by Gasteiger charge is 2.23. The molecule has 11 nitrogen and oxygen atoms in total. The Morgan fingerprint density at radius 2 is 1.88 bits per heavy atom. The van der Waals surface area contributed by atoms with E-state index < -0.39 is 22.0 Å². The van der Waals surface area contributed by atoms with Gasteiger partial charge in [0.2, 0.25) is 5.95 Å². The summed E-state index contributed by atoms with van der Waals surface area (Å²) in [6, 6.07) is 11.2. The Hall–Kier alpha value is -4.46.